The summed E-state index contributed by atoms with van der Waals surface area (Å²) in [5.41, 5.74) is 7.05. The summed E-state index contributed by atoms with van der Waals surface area (Å²) in [4.78, 5) is 0.262. The van der Waals surface area contributed by atoms with Crippen LogP contribution in [0.5, 0.6) is 0 Å². The van der Waals surface area contributed by atoms with Crippen LogP contribution in [0.4, 0.5) is 5.69 Å². The van der Waals surface area contributed by atoms with Crippen molar-refractivity contribution in [1.29, 1.82) is 0 Å². The number of anilines is 1. The summed E-state index contributed by atoms with van der Waals surface area (Å²) in [7, 11) is -3.46. The van der Waals surface area contributed by atoms with E-state index in [0.717, 1.165) is 24.8 Å². The number of nitrogen functional groups attached to an aromatic ring is 1. The van der Waals surface area contributed by atoms with Gasteiger partial charge >= 0.3 is 0 Å². The van der Waals surface area contributed by atoms with Gasteiger partial charge in [0.1, 0.15) is 0 Å². The average molecular weight is 300 g/mol. The van der Waals surface area contributed by atoms with Gasteiger partial charge in [0.05, 0.1) is 4.90 Å². The molecule has 2 atom stereocenters. The van der Waals surface area contributed by atoms with Crippen molar-refractivity contribution in [3.63, 3.8) is 0 Å². The Labute approximate surface area is 119 Å². The third kappa shape index (κ3) is 3.64. The second-order valence-corrected chi connectivity index (χ2v) is 7.92. The molecule has 2 unspecified atom stereocenters. The first-order valence-electron chi connectivity index (χ1n) is 6.33. The van der Waals surface area contributed by atoms with Crippen LogP contribution in [-0.4, -0.2) is 26.0 Å². The van der Waals surface area contributed by atoms with Crippen LogP contribution >= 0.6 is 11.8 Å². The minimum absolute atomic E-state index is 0.0455. The molecule has 6 heteroatoms. The second-order valence-electron chi connectivity index (χ2n) is 5.07. The molecular formula is C13H20N2O2S2. The van der Waals surface area contributed by atoms with Gasteiger partial charge in [-0.1, -0.05) is 0 Å². The maximum Gasteiger partial charge on any atom is 0.240 e. The molecule has 0 aromatic heterocycles. The van der Waals surface area contributed by atoms with Crippen molar-refractivity contribution in [2.75, 3.05) is 12.0 Å². The normalized spacial score (nSPS) is 23.7. The predicted molar refractivity (Wildman–Crippen MR) is 80.9 cm³/mol. The lowest BCUT2D eigenvalue weighted by Crippen LogP contribution is -2.33. The van der Waals surface area contributed by atoms with Crippen LogP contribution in [0.15, 0.2) is 23.1 Å². The van der Waals surface area contributed by atoms with Gasteiger partial charge in [0.15, 0.2) is 0 Å². The van der Waals surface area contributed by atoms with Crippen molar-refractivity contribution < 1.29 is 8.42 Å². The summed E-state index contributed by atoms with van der Waals surface area (Å²) in [6.45, 7) is 1.84. The molecule has 2 rings (SSSR count). The number of hydrogen-bond acceptors (Lipinski definition) is 4. The van der Waals surface area contributed by atoms with Crippen LogP contribution in [0.3, 0.4) is 0 Å². The zero-order valence-corrected chi connectivity index (χ0v) is 12.9. The number of benzene rings is 1. The van der Waals surface area contributed by atoms with Gasteiger partial charge in [-0.25, -0.2) is 13.1 Å². The van der Waals surface area contributed by atoms with Crippen LogP contribution in [0, 0.1) is 6.92 Å². The third-order valence-electron chi connectivity index (χ3n) is 3.42. The monoisotopic (exact) mass is 300 g/mol. The molecule has 0 amide bonds. The van der Waals surface area contributed by atoms with Gasteiger partial charge in [-0.15, -0.1) is 0 Å². The highest BCUT2D eigenvalue weighted by Gasteiger charge is 2.28. The maximum atomic E-state index is 12.3. The second kappa shape index (κ2) is 5.73. The molecular weight excluding hydrogens is 280 g/mol. The molecule has 1 aliphatic carbocycles. The third-order valence-corrected chi connectivity index (χ3v) is 6.02. The van der Waals surface area contributed by atoms with Crippen LogP contribution in [0.25, 0.3) is 0 Å². The Kier molecular flexibility index (Phi) is 4.43. The molecule has 0 aliphatic heterocycles. The number of aryl methyl sites for hydroxylation is 1. The number of nitrogens with two attached hydrogens (primary N) is 1. The van der Waals surface area contributed by atoms with Crippen molar-refractivity contribution in [3.8, 4) is 0 Å². The van der Waals surface area contributed by atoms with Crippen molar-refractivity contribution >= 4 is 27.5 Å². The fraction of sp³-hybridized carbons (Fsp3) is 0.538. The first-order valence-corrected chi connectivity index (χ1v) is 9.10. The molecule has 4 nitrogen and oxygen atoms in total. The summed E-state index contributed by atoms with van der Waals surface area (Å²) in [5.74, 6) is 0. The minimum atomic E-state index is -3.46. The van der Waals surface area contributed by atoms with E-state index in [1.807, 2.05) is 18.7 Å². The van der Waals surface area contributed by atoms with Gasteiger partial charge < -0.3 is 5.73 Å². The van der Waals surface area contributed by atoms with E-state index < -0.39 is 10.0 Å². The summed E-state index contributed by atoms with van der Waals surface area (Å²) >= 11 is 1.81. The summed E-state index contributed by atoms with van der Waals surface area (Å²) in [5, 5.41) is 0.565. The SMILES string of the molecule is CSC1CCC(NS(=O)(=O)c2cc(C)cc(N)c2)C1. The number of hydrogen-bond donors (Lipinski definition) is 2. The Morgan fingerprint density at radius 1 is 1.32 bits per heavy atom. The molecule has 19 heavy (non-hydrogen) atoms. The molecule has 106 valence electrons. The van der Waals surface area contributed by atoms with E-state index in [2.05, 4.69) is 11.0 Å². The number of rotatable bonds is 4. The van der Waals surface area contributed by atoms with Crippen LogP contribution in [0.1, 0.15) is 24.8 Å². The van der Waals surface area contributed by atoms with Crippen molar-refractivity contribution in [3.05, 3.63) is 23.8 Å². The topological polar surface area (TPSA) is 72.2 Å². The molecule has 0 bridgehead atoms. The smallest absolute Gasteiger partial charge is 0.240 e. The van der Waals surface area contributed by atoms with E-state index in [-0.39, 0.29) is 10.9 Å². The van der Waals surface area contributed by atoms with Crippen LogP contribution < -0.4 is 10.5 Å². The lowest BCUT2D eigenvalue weighted by molar-refractivity contribution is 0.552. The molecule has 3 N–H and O–H groups in total. The highest BCUT2D eigenvalue weighted by molar-refractivity contribution is 7.99. The predicted octanol–water partition coefficient (Wildman–Crippen LogP) is 2.14. The fourth-order valence-electron chi connectivity index (χ4n) is 2.48. The van der Waals surface area contributed by atoms with E-state index >= 15 is 0 Å². The van der Waals surface area contributed by atoms with Crippen molar-refractivity contribution in [2.24, 2.45) is 0 Å². The van der Waals surface area contributed by atoms with Gasteiger partial charge in [0.2, 0.25) is 10.0 Å². The minimum Gasteiger partial charge on any atom is -0.399 e. The fourth-order valence-corrected chi connectivity index (χ4v) is 4.70. The number of thioether (sulfide) groups is 1. The highest BCUT2D eigenvalue weighted by atomic mass is 32.2. The molecule has 0 saturated heterocycles. The Hall–Kier alpha value is -0.720. The Morgan fingerprint density at radius 2 is 2.05 bits per heavy atom. The molecule has 1 aromatic rings. The summed E-state index contributed by atoms with van der Waals surface area (Å²) in [6, 6.07) is 4.97. The van der Waals surface area contributed by atoms with Crippen molar-refractivity contribution in [1.82, 2.24) is 4.72 Å². The van der Waals surface area contributed by atoms with Gasteiger partial charge in [0.25, 0.3) is 0 Å². The van der Waals surface area contributed by atoms with Gasteiger partial charge in [-0.3, -0.25) is 0 Å². The molecule has 0 radical (unpaired) electrons. The van der Waals surface area contributed by atoms with E-state index in [0.29, 0.717) is 10.9 Å². The first kappa shape index (κ1) is 14.7. The van der Waals surface area contributed by atoms with Crippen molar-refractivity contribution in [2.45, 2.75) is 42.4 Å². The number of sulfonamides is 1. The Morgan fingerprint density at radius 3 is 2.63 bits per heavy atom. The summed E-state index contributed by atoms with van der Waals surface area (Å²) in [6.07, 6.45) is 4.96. The highest BCUT2D eigenvalue weighted by Crippen LogP contribution is 2.29. The van der Waals surface area contributed by atoms with Gasteiger partial charge in [-0.05, 0) is 56.2 Å². The molecule has 0 spiro atoms. The first-order chi connectivity index (χ1) is 8.90. The molecule has 1 aromatic carbocycles. The van der Waals surface area contributed by atoms with Gasteiger partial charge in [-0.2, -0.15) is 11.8 Å². The Bertz CT molecular complexity index is 538. The molecule has 1 fully saturated rings. The van der Waals surface area contributed by atoms with E-state index in [4.69, 9.17) is 5.73 Å². The van der Waals surface area contributed by atoms with E-state index in [9.17, 15) is 8.42 Å². The zero-order chi connectivity index (χ0) is 14.0. The van der Waals surface area contributed by atoms with Crippen LogP contribution in [-0.2, 0) is 10.0 Å². The lowest BCUT2D eigenvalue weighted by Gasteiger charge is -2.14. The zero-order valence-electron chi connectivity index (χ0n) is 11.2. The molecule has 1 saturated carbocycles. The van der Waals surface area contributed by atoms with E-state index in [1.54, 1.807) is 12.1 Å². The van der Waals surface area contributed by atoms with E-state index in [1.165, 1.54) is 6.07 Å². The summed E-state index contributed by atoms with van der Waals surface area (Å²) < 4.78 is 27.4. The maximum absolute atomic E-state index is 12.3. The Balaban J connectivity index is 2.14. The van der Waals surface area contributed by atoms with Gasteiger partial charge in [0, 0.05) is 17.0 Å². The lowest BCUT2D eigenvalue weighted by atomic mass is 10.2. The standard InChI is InChI=1S/C13H20N2O2S2/c1-9-5-10(14)7-13(6-9)19(16,17)15-11-3-4-12(8-11)18-2/h5-7,11-12,15H,3-4,8,14H2,1-2H3. The quantitative estimate of drug-likeness (QED) is 0.836. The molecule has 0 heterocycles. The molecule has 1 aliphatic rings. The average Bonchev–Trinajstić information content (AvgIpc) is 2.74. The van der Waals surface area contributed by atoms with Crippen LogP contribution in [0.2, 0.25) is 0 Å². The largest absolute Gasteiger partial charge is 0.399 e. The number of nitrogens with one attached hydrogen (secondary N) is 1.